The standard InChI is InChI=1S/C15H24N2O/c1-5-10-17(6-2)13(3)16-12-14-8-7-9-15(11-14)18-4/h7-9,11,16H,3,5-6,10,12H2,1-2,4H3. The molecule has 0 heterocycles. The Morgan fingerprint density at radius 1 is 1.39 bits per heavy atom. The maximum Gasteiger partial charge on any atom is 0.119 e. The Hall–Kier alpha value is -1.64. The Labute approximate surface area is 110 Å². The lowest BCUT2D eigenvalue weighted by molar-refractivity contribution is 0.336. The molecule has 0 aliphatic carbocycles. The molecule has 100 valence electrons. The fourth-order valence-corrected chi connectivity index (χ4v) is 1.85. The molecule has 0 saturated heterocycles. The van der Waals surface area contributed by atoms with Crippen LogP contribution < -0.4 is 10.1 Å². The molecule has 1 aromatic carbocycles. The van der Waals surface area contributed by atoms with E-state index in [2.05, 4.69) is 36.7 Å². The molecule has 0 bridgehead atoms. The molecule has 1 N–H and O–H groups in total. The van der Waals surface area contributed by atoms with Crippen LogP contribution in [0.5, 0.6) is 5.75 Å². The third kappa shape index (κ3) is 4.32. The number of hydrogen-bond acceptors (Lipinski definition) is 3. The molecule has 18 heavy (non-hydrogen) atoms. The van der Waals surface area contributed by atoms with E-state index in [1.807, 2.05) is 18.2 Å². The molecule has 0 saturated carbocycles. The van der Waals surface area contributed by atoms with Crippen molar-refractivity contribution < 1.29 is 4.74 Å². The van der Waals surface area contributed by atoms with Crippen molar-refractivity contribution in [3.63, 3.8) is 0 Å². The van der Waals surface area contributed by atoms with Gasteiger partial charge in [0.25, 0.3) is 0 Å². The third-order valence-electron chi connectivity index (χ3n) is 2.89. The Kier molecular flexibility index (Phi) is 6.12. The molecule has 3 heteroatoms. The van der Waals surface area contributed by atoms with E-state index in [0.29, 0.717) is 0 Å². The highest BCUT2D eigenvalue weighted by Crippen LogP contribution is 2.12. The predicted octanol–water partition coefficient (Wildman–Crippen LogP) is 2.99. The van der Waals surface area contributed by atoms with Crippen LogP contribution in [-0.2, 0) is 6.54 Å². The molecular weight excluding hydrogens is 224 g/mol. The summed E-state index contributed by atoms with van der Waals surface area (Å²) in [6.45, 7) is 11.2. The molecule has 0 spiro atoms. The van der Waals surface area contributed by atoms with Crippen LogP contribution in [0.15, 0.2) is 36.7 Å². The summed E-state index contributed by atoms with van der Waals surface area (Å²) in [7, 11) is 1.69. The van der Waals surface area contributed by atoms with Gasteiger partial charge in [0, 0.05) is 19.6 Å². The van der Waals surface area contributed by atoms with Gasteiger partial charge in [0.05, 0.1) is 12.9 Å². The van der Waals surface area contributed by atoms with Crippen molar-refractivity contribution in [1.29, 1.82) is 0 Å². The second-order valence-electron chi connectivity index (χ2n) is 4.23. The van der Waals surface area contributed by atoms with E-state index in [1.165, 1.54) is 5.56 Å². The van der Waals surface area contributed by atoms with Crippen LogP contribution in [0, 0.1) is 0 Å². The topological polar surface area (TPSA) is 24.5 Å². The van der Waals surface area contributed by atoms with Gasteiger partial charge >= 0.3 is 0 Å². The fourth-order valence-electron chi connectivity index (χ4n) is 1.85. The van der Waals surface area contributed by atoms with Crippen LogP contribution in [-0.4, -0.2) is 25.1 Å². The molecule has 0 aromatic heterocycles. The van der Waals surface area contributed by atoms with Crippen molar-refractivity contribution in [3.05, 3.63) is 42.2 Å². The van der Waals surface area contributed by atoms with Gasteiger partial charge in [0.1, 0.15) is 5.75 Å². The van der Waals surface area contributed by atoms with Gasteiger partial charge in [-0.2, -0.15) is 0 Å². The smallest absolute Gasteiger partial charge is 0.119 e. The lowest BCUT2D eigenvalue weighted by atomic mass is 10.2. The first-order valence-corrected chi connectivity index (χ1v) is 6.51. The minimum Gasteiger partial charge on any atom is -0.497 e. The van der Waals surface area contributed by atoms with E-state index in [4.69, 9.17) is 4.74 Å². The predicted molar refractivity (Wildman–Crippen MR) is 76.5 cm³/mol. The molecular formula is C15H24N2O. The Balaban J connectivity index is 2.50. The van der Waals surface area contributed by atoms with Gasteiger partial charge in [-0.15, -0.1) is 0 Å². The average Bonchev–Trinajstić information content (AvgIpc) is 2.42. The zero-order valence-electron chi connectivity index (χ0n) is 11.7. The van der Waals surface area contributed by atoms with Crippen molar-refractivity contribution >= 4 is 0 Å². The highest BCUT2D eigenvalue weighted by atomic mass is 16.5. The molecule has 3 nitrogen and oxygen atoms in total. The third-order valence-corrected chi connectivity index (χ3v) is 2.89. The van der Waals surface area contributed by atoms with E-state index in [0.717, 1.165) is 37.6 Å². The van der Waals surface area contributed by atoms with E-state index in [1.54, 1.807) is 7.11 Å². The molecule has 0 unspecified atom stereocenters. The van der Waals surface area contributed by atoms with Crippen molar-refractivity contribution in [2.24, 2.45) is 0 Å². The van der Waals surface area contributed by atoms with Gasteiger partial charge in [-0.1, -0.05) is 25.6 Å². The van der Waals surface area contributed by atoms with Crippen molar-refractivity contribution in [2.75, 3.05) is 20.2 Å². The fraction of sp³-hybridized carbons (Fsp3) is 0.467. The molecule has 1 aromatic rings. The molecule has 0 amide bonds. The van der Waals surface area contributed by atoms with Gasteiger partial charge in [0.15, 0.2) is 0 Å². The van der Waals surface area contributed by atoms with Gasteiger partial charge in [-0.05, 0) is 31.0 Å². The summed E-state index contributed by atoms with van der Waals surface area (Å²) in [6, 6.07) is 8.07. The summed E-state index contributed by atoms with van der Waals surface area (Å²) in [4.78, 5) is 2.25. The molecule has 0 aliphatic heterocycles. The highest BCUT2D eigenvalue weighted by Gasteiger charge is 2.03. The van der Waals surface area contributed by atoms with Crippen LogP contribution in [0.3, 0.4) is 0 Å². The first-order valence-electron chi connectivity index (χ1n) is 6.51. The largest absolute Gasteiger partial charge is 0.497 e. The molecule has 0 atom stereocenters. The minimum atomic E-state index is 0.774. The number of rotatable bonds is 8. The van der Waals surface area contributed by atoms with Gasteiger partial charge in [-0.3, -0.25) is 0 Å². The highest BCUT2D eigenvalue weighted by molar-refractivity contribution is 5.28. The van der Waals surface area contributed by atoms with Crippen molar-refractivity contribution in [1.82, 2.24) is 10.2 Å². The van der Waals surface area contributed by atoms with Crippen LogP contribution in [0.4, 0.5) is 0 Å². The molecule has 0 aliphatic rings. The molecule has 1 rings (SSSR count). The SMILES string of the molecule is C=C(NCc1cccc(OC)c1)N(CC)CCC. The number of nitrogens with zero attached hydrogens (tertiary/aromatic N) is 1. The zero-order chi connectivity index (χ0) is 13.4. The van der Waals surface area contributed by atoms with E-state index in [9.17, 15) is 0 Å². The lowest BCUT2D eigenvalue weighted by Gasteiger charge is -2.25. The van der Waals surface area contributed by atoms with Crippen LogP contribution in [0.1, 0.15) is 25.8 Å². The van der Waals surface area contributed by atoms with Crippen LogP contribution in [0.2, 0.25) is 0 Å². The summed E-state index contributed by atoms with van der Waals surface area (Å²) in [5.41, 5.74) is 1.20. The summed E-state index contributed by atoms with van der Waals surface area (Å²) in [5.74, 6) is 1.88. The van der Waals surface area contributed by atoms with E-state index >= 15 is 0 Å². The Bertz CT molecular complexity index is 377. The zero-order valence-corrected chi connectivity index (χ0v) is 11.7. The minimum absolute atomic E-state index is 0.774. The average molecular weight is 248 g/mol. The molecule has 0 radical (unpaired) electrons. The summed E-state index contributed by atoms with van der Waals surface area (Å²) >= 11 is 0. The van der Waals surface area contributed by atoms with E-state index < -0.39 is 0 Å². The normalized spacial score (nSPS) is 9.94. The number of hydrogen-bond donors (Lipinski definition) is 1. The van der Waals surface area contributed by atoms with Gasteiger partial charge in [0.2, 0.25) is 0 Å². The van der Waals surface area contributed by atoms with Gasteiger partial charge in [-0.25, -0.2) is 0 Å². The van der Waals surface area contributed by atoms with Crippen molar-refractivity contribution in [2.45, 2.75) is 26.8 Å². The first kappa shape index (κ1) is 14.4. The van der Waals surface area contributed by atoms with E-state index in [-0.39, 0.29) is 0 Å². The van der Waals surface area contributed by atoms with Crippen molar-refractivity contribution in [3.8, 4) is 5.75 Å². The maximum absolute atomic E-state index is 5.21. The number of ether oxygens (including phenoxy) is 1. The first-order chi connectivity index (χ1) is 8.71. The maximum atomic E-state index is 5.21. The Morgan fingerprint density at radius 2 is 2.17 bits per heavy atom. The quantitative estimate of drug-likeness (QED) is 0.765. The number of nitrogens with one attached hydrogen (secondary N) is 1. The van der Waals surface area contributed by atoms with Crippen LogP contribution in [0.25, 0.3) is 0 Å². The summed E-state index contributed by atoms with van der Waals surface area (Å²) < 4.78 is 5.21. The molecule has 0 fully saturated rings. The summed E-state index contributed by atoms with van der Waals surface area (Å²) in [6.07, 6.45) is 1.13. The Morgan fingerprint density at radius 3 is 2.78 bits per heavy atom. The second-order valence-corrected chi connectivity index (χ2v) is 4.23. The second kappa shape index (κ2) is 7.64. The monoisotopic (exact) mass is 248 g/mol. The van der Waals surface area contributed by atoms with Gasteiger partial charge < -0.3 is 15.0 Å². The lowest BCUT2D eigenvalue weighted by Crippen LogP contribution is -2.31. The number of benzene rings is 1. The number of methoxy groups -OCH3 is 1. The van der Waals surface area contributed by atoms with Crippen LogP contribution >= 0.6 is 0 Å². The summed E-state index contributed by atoms with van der Waals surface area (Å²) in [5, 5.41) is 3.36.